The highest BCUT2D eigenvalue weighted by molar-refractivity contribution is 7.21. The minimum absolute atomic E-state index is 0.0256. The third-order valence-electron chi connectivity index (χ3n) is 3.48. The van der Waals surface area contributed by atoms with Crippen molar-refractivity contribution in [3.63, 3.8) is 0 Å². The van der Waals surface area contributed by atoms with Crippen molar-refractivity contribution in [3.8, 4) is 22.1 Å². The van der Waals surface area contributed by atoms with Gasteiger partial charge in [-0.1, -0.05) is 24.3 Å². The number of hydrogen-bond acceptors (Lipinski definition) is 5. The van der Waals surface area contributed by atoms with Gasteiger partial charge in [0.2, 0.25) is 0 Å². The Balaban J connectivity index is 1.79. The number of thiazole rings is 1. The Hall–Kier alpha value is -2.99. The highest BCUT2D eigenvalue weighted by Gasteiger charge is 2.18. The van der Waals surface area contributed by atoms with Gasteiger partial charge in [-0.2, -0.15) is 0 Å². The van der Waals surface area contributed by atoms with Gasteiger partial charge in [-0.05, 0) is 30.3 Å². The van der Waals surface area contributed by atoms with E-state index in [1.165, 1.54) is 17.4 Å². The first kappa shape index (κ1) is 13.7. The Morgan fingerprint density at radius 3 is 2.52 bits per heavy atom. The van der Waals surface area contributed by atoms with Crippen molar-refractivity contribution < 1.29 is 9.34 Å². The van der Waals surface area contributed by atoms with E-state index < -0.39 is 4.92 Å². The van der Waals surface area contributed by atoms with Crippen LogP contribution in [0.15, 0.2) is 65.1 Å². The summed E-state index contributed by atoms with van der Waals surface area (Å²) in [6.07, 6.45) is 0. The molecule has 0 aliphatic rings. The van der Waals surface area contributed by atoms with Crippen molar-refractivity contribution in [2.75, 3.05) is 0 Å². The number of fused-ring (bicyclic) bond motifs is 1. The summed E-state index contributed by atoms with van der Waals surface area (Å²) in [7, 11) is 0. The van der Waals surface area contributed by atoms with Crippen LogP contribution in [-0.2, 0) is 0 Å². The van der Waals surface area contributed by atoms with E-state index in [-0.39, 0.29) is 5.69 Å². The minimum Gasteiger partial charge on any atom is -0.453 e. The van der Waals surface area contributed by atoms with Gasteiger partial charge in [0, 0.05) is 6.07 Å². The first-order valence-electron chi connectivity index (χ1n) is 6.92. The summed E-state index contributed by atoms with van der Waals surface area (Å²) in [5.41, 5.74) is 1.40. The summed E-state index contributed by atoms with van der Waals surface area (Å²) >= 11 is 1.53. The predicted molar refractivity (Wildman–Crippen MR) is 89.4 cm³/mol. The van der Waals surface area contributed by atoms with Crippen LogP contribution < -0.4 is 0 Å². The third-order valence-corrected chi connectivity index (χ3v) is 4.53. The Morgan fingerprint density at radius 1 is 0.957 bits per heavy atom. The predicted octanol–water partition coefficient (Wildman–Crippen LogP) is 5.13. The molecule has 6 heteroatoms. The van der Waals surface area contributed by atoms with Crippen LogP contribution in [0.25, 0.3) is 32.3 Å². The largest absolute Gasteiger partial charge is 0.453 e. The van der Waals surface area contributed by atoms with Crippen LogP contribution in [0.5, 0.6) is 0 Å². The van der Waals surface area contributed by atoms with Crippen molar-refractivity contribution in [1.82, 2.24) is 4.98 Å². The normalized spacial score (nSPS) is 11.0. The second kappa shape index (κ2) is 5.33. The SMILES string of the molecule is O=[N+]([O-])c1ccccc1-c1ccc(-c2nc3ccccc3s2)o1. The van der Waals surface area contributed by atoms with Gasteiger partial charge in [-0.3, -0.25) is 10.1 Å². The van der Waals surface area contributed by atoms with Gasteiger partial charge in [0.1, 0.15) is 5.76 Å². The average molecular weight is 322 g/mol. The lowest BCUT2D eigenvalue weighted by Crippen LogP contribution is -1.90. The number of nitro groups is 1. The van der Waals surface area contributed by atoms with Crippen LogP contribution in [0.1, 0.15) is 0 Å². The molecule has 2 aromatic heterocycles. The number of aromatic nitrogens is 1. The van der Waals surface area contributed by atoms with E-state index in [9.17, 15) is 10.1 Å². The maximum absolute atomic E-state index is 11.1. The smallest absolute Gasteiger partial charge is 0.280 e. The second-order valence-electron chi connectivity index (χ2n) is 4.92. The topological polar surface area (TPSA) is 69.2 Å². The van der Waals surface area contributed by atoms with E-state index in [0.717, 1.165) is 15.2 Å². The Kier molecular flexibility index (Phi) is 3.17. The molecule has 5 nitrogen and oxygen atoms in total. The maximum atomic E-state index is 11.1. The molecule has 0 saturated heterocycles. The van der Waals surface area contributed by atoms with Crippen molar-refractivity contribution in [2.24, 2.45) is 0 Å². The molecule has 0 fully saturated rings. The quantitative estimate of drug-likeness (QED) is 0.387. The Labute approximate surface area is 135 Å². The Bertz CT molecular complexity index is 986. The van der Waals surface area contributed by atoms with Crippen LogP contribution in [0.2, 0.25) is 0 Å². The highest BCUT2D eigenvalue weighted by atomic mass is 32.1. The van der Waals surface area contributed by atoms with Crippen molar-refractivity contribution in [3.05, 3.63) is 70.8 Å². The van der Waals surface area contributed by atoms with Gasteiger partial charge >= 0.3 is 0 Å². The summed E-state index contributed by atoms with van der Waals surface area (Å²) in [6, 6.07) is 17.9. The summed E-state index contributed by atoms with van der Waals surface area (Å²) < 4.78 is 6.89. The van der Waals surface area contributed by atoms with Gasteiger partial charge < -0.3 is 4.42 Å². The van der Waals surface area contributed by atoms with Crippen LogP contribution >= 0.6 is 11.3 Å². The van der Waals surface area contributed by atoms with Gasteiger partial charge in [0.15, 0.2) is 10.8 Å². The van der Waals surface area contributed by atoms with E-state index >= 15 is 0 Å². The second-order valence-corrected chi connectivity index (χ2v) is 5.96. The zero-order chi connectivity index (χ0) is 15.8. The van der Waals surface area contributed by atoms with Crippen LogP contribution in [-0.4, -0.2) is 9.91 Å². The fraction of sp³-hybridized carbons (Fsp3) is 0. The number of nitro benzene ring substituents is 1. The van der Waals surface area contributed by atoms with Crippen LogP contribution in [0.4, 0.5) is 5.69 Å². The molecule has 0 spiro atoms. The molecule has 0 unspecified atom stereocenters. The molecule has 4 rings (SSSR count). The zero-order valence-corrected chi connectivity index (χ0v) is 12.6. The summed E-state index contributed by atoms with van der Waals surface area (Å²) in [5, 5.41) is 11.9. The third kappa shape index (κ3) is 2.39. The molecule has 0 bridgehead atoms. The molecule has 0 aliphatic carbocycles. The number of furan rings is 1. The van der Waals surface area contributed by atoms with Crippen LogP contribution in [0, 0.1) is 10.1 Å². The summed E-state index contributed by atoms with van der Waals surface area (Å²) in [4.78, 5) is 15.3. The van der Waals surface area contributed by atoms with E-state index in [0.29, 0.717) is 17.1 Å². The molecule has 0 N–H and O–H groups in total. The lowest BCUT2D eigenvalue weighted by atomic mass is 10.1. The van der Waals surface area contributed by atoms with Crippen molar-refractivity contribution in [1.29, 1.82) is 0 Å². The zero-order valence-electron chi connectivity index (χ0n) is 11.8. The first-order chi connectivity index (χ1) is 11.2. The number of rotatable bonds is 3. The monoisotopic (exact) mass is 322 g/mol. The Morgan fingerprint density at radius 2 is 1.70 bits per heavy atom. The molecule has 112 valence electrons. The molecular weight excluding hydrogens is 312 g/mol. The first-order valence-corrected chi connectivity index (χ1v) is 7.73. The standard InChI is InChI=1S/C17H10N2O3S/c20-19(21)13-7-3-1-5-11(13)14-9-10-15(22-14)17-18-12-6-2-4-8-16(12)23-17/h1-10H. The van der Waals surface area contributed by atoms with Gasteiger partial charge in [-0.15, -0.1) is 11.3 Å². The summed E-state index contributed by atoms with van der Waals surface area (Å²) in [5.74, 6) is 1.07. The maximum Gasteiger partial charge on any atom is 0.280 e. The molecule has 23 heavy (non-hydrogen) atoms. The summed E-state index contributed by atoms with van der Waals surface area (Å²) in [6.45, 7) is 0. The van der Waals surface area contributed by atoms with Gasteiger partial charge in [0.05, 0.1) is 20.7 Å². The average Bonchev–Trinajstić information content (AvgIpc) is 3.21. The number of para-hydroxylation sites is 2. The molecule has 0 aliphatic heterocycles. The van der Waals surface area contributed by atoms with E-state index in [4.69, 9.17) is 4.42 Å². The van der Waals surface area contributed by atoms with E-state index in [1.54, 1.807) is 30.3 Å². The molecule has 0 saturated carbocycles. The number of benzene rings is 2. The van der Waals surface area contributed by atoms with Gasteiger partial charge in [0.25, 0.3) is 5.69 Å². The minimum atomic E-state index is -0.408. The lowest BCUT2D eigenvalue weighted by Gasteiger charge is -1.98. The van der Waals surface area contributed by atoms with Gasteiger partial charge in [-0.25, -0.2) is 4.98 Å². The molecule has 0 amide bonds. The van der Waals surface area contributed by atoms with E-state index in [1.807, 2.05) is 24.3 Å². The van der Waals surface area contributed by atoms with Crippen molar-refractivity contribution >= 4 is 27.2 Å². The van der Waals surface area contributed by atoms with E-state index in [2.05, 4.69) is 4.98 Å². The number of hydrogen-bond donors (Lipinski definition) is 0. The lowest BCUT2D eigenvalue weighted by molar-refractivity contribution is -0.384. The fourth-order valence-corrected chi connectivity index (χ4v) is 3.34. The van der Waals surface area contributed by atoms with Crippen molar-refractivity contribution in [2.45, 2.75) is 0 Å². The highest BCUT2D eigenvalue weighted by Crippen LogP contribution is 2.36. The fourth-order valence-electron chi connectivity index (χ4n) is 2.42. The molecule has 4 aromatic rings. The molecule has 2 aromatic carbocycles. The molecular formula is C17H10N2O3S. The number of nitrogens with zero attached hydrogens (tertiary/aromatic N) is 2. The molecule has 2 heterocycles. The van der Waals surface area contributed by atoms with Crippen LogP contribution in [0.3, 0.4) is 0 Å². The molecule has 0 atom stereocenters. The molecule has 0 radical (unpaired) electrons.